The van der Waals surface area contributed by atoms with E-state index in [1.807, 2.05) is 25.3 Å². The number of amidine groups is 1. The first kappa shape index (κ1) is 17.9. The first-order valence-electron chi connectivity index (χ1n) is 9.36. The molecule has 3 amide bonds. The molecule has 0 spiro atoms. The average Bonchev–Trinajstić information content (AvgIpc) is 3.31. The number of hydrogen-bond donors (Lipinski definition) is 0. The highest BCUT2D eigenvalue weighted by Crippen LogP contribution is 2.35. The maximum absolute atomic E-state index is 13.2. The molecule has 0 radical (unpaired) electrons. The molecule has 3 aliphatic rings. The number of aliphatic imine (C=N–C) groups is 1. The number of imide groups is 1. The first-order chi connectivity index (χ1) is 12.8. The minimum Gasteiger partial charge on any atom is -0.375 e. The van der Waals surface area contributed by atoms with E-state index in [-0.39, 0.29) is 24.6 Å². The van der Waals surface area contributed by atoms with Crippen LogP contribution in [0.4, 0.5) is 10.7 Å². The van der Waals surface area contributed by atoms with Crippen LogP contribution < -0.4 is 4.57 Å². The summed E-state index contributed by atoms with van der Waals surface area (Å²) in [4.78, 5) is 33.3. The van der Waals surface area contributed by atoms with Crippen LogP contribution in [0.15, 0.2) is 17.1 Å². The van der Waals surface area contributed by atoms with Gasteiger partial charge in [-0.05, 0) is 33.6 Å². The predicted octanol–water partition coefficient (Wildman–Crippen LogP) is 1.63. The van der Waals surface area contributed by atoms with Gasteiger partial charge in [0.25, 0.3) is 5.91 Å². The molecule has 1 aromatic rings. The fourth-order valence-corrected chi connectivity index (χ4v) is 4.13. The third-order valence-electron chi connectivity index (χ3n) is 5.66. The van der Waals surface area contributed by atoms with Crippen molar-refractivity contribution in [2.24, 2.45) is 4.99 Å². The van der Waals surface area contributed by atoms with Crippen molar-refractivity contribution in [1.82, 2.24) is 14.4 Å². The molecule has 2 unspecified atom stereocenters. The smallest absolute Gasteiger partial charge is 0.375 e. The molecule has 3 aliphatic heterocycles. The Hall–Kier alpha value is -2.48. The Labute approximate surface area is 158 Å². The lowest BCUT2D eigenvalue weighted by molar-refractivity contribution is -0.695. The number of carbonyl (C=O) groups excluding carboxylic acids is 2. The SMILES string of the molecule is C=C(C)CN1C(=O)C2C(=Nc3n2c(C)c(C)[n+]3CC2CCCO2)N(C)C1=O. The molecule has 8 heteroatoms. The molecule has 2 fully saturated rings. The van der Waals surface area contributed by atoms with Gasteiger partial charge in [0.05, 0.1) is 19.2 Å². The molecule has 0 saturated carbocycles. The van der Waals surface area contributed by atoms with Gasteiger partial charge in [0.1, 0.15) is 11.4 Å². The highest BCUT2D eigenvalue weighted by Gasteiger charge is 2.54. The molecule has 0 bridgehead atoms. The number of aromatic nitrogens is 2. The van der Waals surface area contributed by atoms with Crippen LogP contribution in [-0.4, -0.2) is 58.4 Å². The standard InChI is InChI=1S/C19H26N5O3/c1-11(2)9-23-17(25)15-16(21(5)19(23)26)20-18-22(10-14-7-6-8-27-14)12(3)13(4)24(15)18/h14-15H,1,6-10H2,2-5H3/q+1. The zero-order valence-corrected chi connectivity index (χ0v) is 16.4. The summed E-state index contributed by atoms with van der Waals surface area (Å²) in [5.41, 5.74) is 2.82. The van der Waals surface area contributed by atoms with Gasteiger partial charge in [0.15, 0.2) is 0 Å². The molecular weight excluding hydrogens is 346 g/mol. The number of nitrogens with zero attached hydrogens (tertiary/aromatic N) is 5. The third-order valence-corrected chi connectivity index (χ3v) is 5.66. The van der Waals surface area contributed by atoms with E-state index in [9.17, 15) is 9.59 Å². The van der Waals surface area contributed by atoms with Crippen molar-refractivity contribution in [3.05, 3.63) is 23.5 Å². The second-order valence-electron chi connectivity index (χ2n) is 7.68. The quantitative estimate of drug-likeness (QED) is 0.596. The number of fused-ring (bicyclic) bond motifs is 3. The van der Waals surface area contributed by atoms with Crippen molar-refractivity contribution in [2.45, 2.75) is 52.3 Å². The normalized spacial score (nSPS) is 24.4. The van der Waals surface area contributed by atoms with Gasteiger partial charge < -0.3 is 4.74 Å². The monoisotopic (exact) mass is 372 g/mol. The Bertz CT molecular complexity index is 878. The van der Waals surface area contributed by atoms with Crippen LogP contribution in [0.1, 0.15) is 37.2 Å². The Morgan fingerprint density at radius 3 is 2.74 bits per heavy atom. The maximum Gasteiger partial charge on any atom is 0.402 e. The number of hydrogen-bond acceptors (Lipinski definition) is 4. The molecule has 27 heavy (non-hydrogen) atoms. The largest absolute Gasteiger partial charge is 0.402 e. The van der Waals surface area contributed by atoms with E-state index in [0.29, 0.717) is 18.3 Å². The van der Waals surface area contributed by atoms with Crippen molar-refractivity contribution >= 4 is 23.7 Å². The zero-order valence-electron chi connectivity index (χ0n) is 16.4. The molecule has 2 saturated heterocycles. The van der Waals surface area contributed by atoms with Crippen LogP contribution in [0.2, 0.25) is 0 Å². The minimum atomic E-state index is -0.605. The number of imidazole rings is 1. The van der Waals surface area contributed by atoms with Crippen LogP contribution in [0.3, 0.4) is 0 Å². The number of carbonyl (C=O) groups is 2. The van der Waals surface area contributed by atoms with Crippen LogP contribution in [-0.2, 0) is 16.1 Å². The number of ether oxygens (including phenoxy) is 1. The van der Waals surface area contributed by atoms with Crippen molar-refractivity contribution in [3.63, 3.8) is 0 Å². The number of amides is 3. The third kappa shape index (κ3) is 2.62. The van der Waals surface area contributed by atoms with Gasteiger partial charge in [-0.2, -0.15) is 0 Å². The minimum absolute atomic E-state index is 0.165. The van der Waals surface area contributed by atoms with Crippen LogP contribution >= 0.6 is 0 Å². The molecular formula is C19H26N5O3+. The van der Waals surface area contributed by atoms with Gasteiger partial charge in [-0.1, -0.05) is 17.1 Å². The first-order valence-corrected chi connectivity index (χ1v) is 9.36. The van der Waals surface area contributed by atoms with E-state index in [2.05, 4.69) is 11.1 Å². The van der Waals surface area contributed by atoms with Gasteiger partial charge in [-0.3, -0.25) is 14.6 Å². The lowest BCUT2D eigenvalue weighted by Crippen LogP contribution is -2.58. The van der Waals surface area contributed by atoms with E-state index < -0.39 is 6.04 Å². The molecule has 1 aromatic heterocycles. The summed E-state index contributed by atoms with van der Waals surface area (Å²) in [5, 5.41) is 0. The van der Waals surface area contributed by atoms with Crippen LogP contribution in [0, 0.1) is 13.8 Å². The van der Waals surface area contributed by atoms with Gasteiger partial charge in [-0.15, -0.1) is 0 Å². The molecule has 0 N–H and O–H groups in total. The topological polar surface area (TPSA) is 71.0 Å². The highest BCUT2D eigenvalue weighted by molar-refractivity contribution is 6.20. The maximum atomic E-state index is 13.2. The molecule has 4 rings (SSSR count). The zero-order chi connectivity index (χ0) is 19.5. The Morgan fingerprint density at radius 1 is 1.37 bits per heavy atom. The number of likely N-dealkylation sites (N-methyl/N-ethyl adjacent to an activating group) is 1. The molecule has 4 heterocycles. The summed E-state index contributed by atoms with van der Waals surface area (Å²) in [7, 11) is 1.67. The van der Waals surface area contributed by atoms with E-state index in [4.69, 9.17) is 9.73 Å². The van der Waals surface area contributed by atoms with Crippen molar-refractivity contribution in [3.8, 4) is 0 Å². The number of rotatable bonds is 4. The molecule has 0 aromatic carbocycles. The summed E-state index contributed by atoms with van der Waals surface area (Å²) < 4.78 is 9.86. The summed E-state index contributed by atoms with van der Waals surface area (Å²) in [6.45, 7) is 11.4. The van der Waals surface area contributed by atoms with Crippen molar-refractivity contribution in [1.29, 1.82) is 0 Å². The summed E-state index contributed by atoms with van der Waals surface area (Å²) >= 11 is 0. The van der Waals surface area contributed by atoms with Crippen molar-refractivity contribution in [2.75, 3.05) is 20.2 Å². The Kier molecular flexibility index (Phi) is 4.18. The van der Waals surface area contributed by atoms with E-state index in [0.717, 1.165) is 36.4 Å². The lowest BCUT2D eigenvalue weighted by atomic mass is 10.1. The molecule has 8 nitrogen and oxygen atoms in total. The Morgan fingerprint density at radius 2 is 2.11 bits per heavy atom. The molecule has 2 atom stereocenters. The summed E-state index contributed by atoms with van der Waals surface area (Å²) in [5.74, 6) is 0.953. The van der Waals surface area contributed by atoms with Crippen LogP contribution in [0.5, 0.6) is 0 Å². The van der Waals surface area contributed by atoms with Crippen molar-refractivity contribution < 1.29 is 18.9 Å². The van der Waals surface area contributed by atoms with Gasteiger partial charge in [-0.25, -0.2) is 13.9 Å². The highest BCUT2D eigenvalue weighted by atomic mass is 16.5. The summed E-state index contributed by atoms with van der Waals surface area (Å²) in [6, 6.07) is -0.963. The molecule has 0 aliphatic carbocycles. The second-order valence-corrected chi connectivity index (χ2v) is 7.68. The Balaban J connectivity index is 1.77. The fourth-order valence-electron chi connectivity index (χ4n) is 4.13. The van der Waals surface area contributed by atoms with Gasteiger partial charge in [0.2, 0.25) is 11.9 Å². The number of urea groups is 1. The van der Waals surface area contributed by atoms with Crippen LogP contribution in [0.25, 0.3) is 0 Å². The predicted molar refractivity (Wildman–Crippen MR) is 98.9 cm³/mol. The van der Waals surface area contributed by atoms with E-state index in [1.165, 1.54) is 9.80 Å². The van der Waals surface area contributed by atoms with E-state index in [1.54, 1.807) is 7.05 Å². The fraction of sp³-hybridized carbons (Fsp3) is 0.579. The van der Waals surface area contributed by atoms with Gasteiger partial charge >= 0.3 is 12.0 Å². The second kappa shape index (κ2) is 6.30. The van der Waals surface area contributed by atoms with E-state index >= 15 is 0 Å². The molecule has 144 valence electrons. The lowest BCUT2D eigenvalue weighted by Gasteiger charge is -2.33. The summed E-state index contributed by atoms with van der Waals surface area (Å²) in [6.07, 6.45) is 2.26. The average molecular weight is 372 g/mol. The van der Waals surface area contributed by atoms with Gasteiger partial charge in [0, 0.05) is 13.7 Å².